The number of fused-ring (bicyclic) bond motifs is 3. The number of aliphatic imine (C=N–C) groups is 1. The van der Waals surface area contributed by atoms with Crippen molar-refractivity contribution in [1.82, 2.24) is 10.4 Å². The lowest BCUT2D eigenvalue weighted by atomic mass is 9.99. The third-order valence-electron chi connectivity index (χ3n) is 5.55. The fourth-order valence-electron chi connectivity index (χ4n) is 4.19. The van der Waals surface area contributed by atoms with Crippen molar-refractivity contribution in [2.45, 2.75) is 26.1 Å². The summed E-state index contributed by atoms with van der Waals surface area (Å²) in [5, 5.41) is 2.42. The number of anilines is 1. The number of hydrogen-bond donors (Lipinski definition) is 1. The molecule has 0 saturated carbocycles. The first-order valence-electron chi connectivity index (χ1n) is 10.4. The van der Waals surface area contributed by atoms with E-state index in [1.54, 1.807) is 32.4 Å². The lowest BCUT2D eigenvalue weighted by molar-refractivity contribution is 0.190. The Bertz CT molecular complexity index is 1250. The van der Waals surface area contributed by atoms with Crippen LogP contribution in [0.3, 0.4) is 0 Å². The van der Waals surface area contributed by atoms with Gasteiger partial charge in [-0.05, 0) is 37.3 Å². The van der Waals surface area contributed by atoms with Crippen molar-refractivity contribution >= 4 is 39.0 Å². The molecule has 0 aliphatic carbocycles. The quantitative estimate of drug-likeness (QED) is 0.653. The van der Waals surface area contributed by atoms with E-state index in [9.17, 15) is 8.42 Å². The minimum absolute atomic E-state index is 0. The molecule has 2 unspecified atom stereocenters. The van der Waals surface area contributed by atoms with E-state index in [0.717, 1.165) is 17.4 Å². The van der Waals surface area contributed by atoms with E-state index in [-0.39, 0.29) is 23.6 Å². The zero-order chi connectivity index (χ0) is 23.9. The van der Waals surface area contributed by atoms with Crippen molar-refractivity contribution in [3.05, 3.63) is 52.5 Å². The Labute approximate surface area is 204 Å². The van der Waals surface area contributed by atoms with Gasteiger partial charge in [0, 0.05) is 28.8 Å². The first-order chi connectivity index (χ1) is 15.7. The SMILES string of the molecule is CCN1NC(=NS(C)(=O)=O)N2c3cc(Cl)ccc3C(c3ccc(OC)cc3OC)=NC(C)C12.O. The molecule has 0 bridgehead atoms. The van der Waals surface area contributed by atoms with Crippen LogP contribution in [0.1, 0.15) is 25.0 Å². The van der Waals surface area contributed by atoms with E-state index in [4.69, 9.17) is 26.1 Å². The molecule has 1 saturated heterocycles. The zero-order valence-corrected chi connectivity index (χ0v) is 21.1. The normalized spacial score (nSPS) is 21.1. The summed E-state index contributed by atoms with van der Waals surface area (Å²) in [6, 6.07) is 10.8. The Balaban J connectivity index is 0.00000324. The molecule has 184 valence electrons. The summed E-state index contributed by atoms with van der Waals surface area (Å²) in [6.45, 7) is 4.55. The van der Waals surface area contributed by atoms with Gasteiger partial charge in [0.05, 0.1) is 37.9 Å². The van der Waals surface area contributed by atoms with Crippen molar-refractivity contribution in [2.75, 3.05) is 31.9 Å². The Morgan fingerprint density at radius 3 is 2.47 bits per heavy atom. The second-order valence-electron chi connectivity index (χ2n) is 7.78. The van der Waals surface area contributed by atoms with Crippen molar-refractivity contribution in [3.8, 4) is 11.5 Å². The van der Waals surface area contributed by atoms with E-state index in [1.807, 2.05) is 42.0 Å². The summed E-state index contributed by atoms with van der Waals surface area (Å²) in [4.78, 5) is 6.93. The van der Waals surface area contributed by atoms with Gasteiger partial charge in [-0.25, -0.2) is 8.42 Å². The van der Waals surface area contributed by atoms with E-state index >= 15 is 0 Å². The molecule has 2 atom stereocenters. The van der Waals surface area contributed by atoms with Gasteiger partial charge >= 0.3 is 0 Å². The van der Waals surface area contributed by atoms with Gasteiger partial charge in [0.2, 0.25) is 5.96 Å². The number of rotatable bonds is 5. The molecule has 2 aromatic carbocycles. The van der Waals surface area contributed by atoms with Crippen molar-refractivity contribution in [2.24, 2.45) is 9.39 Å². The number of hydrogen-bond acceptors (Lipinski definition) is 6. The first-order valence-corrected chi connectivity index (χ1v) is 12.6. The van der Waals surface area contributed by atoms with Crippen LogP contribution >= 0.6 is 11.6 Å². The van der Waals surface area contributed by atoms with Crippen LogP contribution in [0, 0.1) is 0 Å². The largest absolute Gasteiger partial charge is 0.497 e. The number of hydrazine groups is 1. The van der Waals surface area contributed by atoms with Crippen molar-refractivity contribution in [3.63, 3.8) is 0 Å². The number of guanidine groups is 1. The van der Waals surface area contributed by atoms with Crippen LogP contribution in [-0.2, 0) is 10.0 Å². The molecule has 1 fully saturated rings. The monoisotopic (exact) mass is 509 g/mol. The number of likely N-dealkylation sites (N-methyl/N-ethyl adjacent to an activating group) is 1. The van der Waals surface area contributed by atoms with E-state index in [0.29, 0.717) is 34.5 Å². The number of benzene rings is 2. The lowest BCUT2D eigenvalue weighted by Crippen LogP contribution is -2.47. The molecule has 10 nitrogen and oxygen atoms in total. The number of halogens is 1. The maximum atomic E-state index is 12.1. The van der Waals surface area contributed by atoms with Gasteiger partial charge in [0.25, 0.3) is 10.0 Å². The fourth-order valence-corrected chi connectivity index (χ4v) is 4.80. The maximum absolute atomic E-state index is 12.1. The minimum atomic E-state index is -3.66. The van der Waals surface area contributed by atoms with E-state index in [1.165, 1.54) is 0 Å². The zero-order valence-electron chi connectivity index (χ0n) is 19.5. The molecule has 0 aromatic heterocycles. The molecule has 0 spiro atoms. The number of nitrogens with one attached hydrogen (secondary N) is 1. The molecule has 2 aliphatic heterocycles. The highest BCUT2D eigenvalue weighted by Crippen LogP contribution is 2.38. The highest BCUT2D eigenvalue weighted by Gasteiger charge is 2.44. The van der Waals surface area contributed by atoms with Crippen LogP contribution in [-0.4, -0.2) is 69.8 Å². The Hall–Kier alpha value is -2.86. The minimum Gasteiger partial charge on any atom is -0.497 e. The smallest absolute Gasteiger partial charge is 0.253 e. The first kappa shape index (κ1) is 25.8. The Morgan fingerprint density at radius 1 is 1.15 bits per heavy atom. The predicted molar refractivity (Wildman–Crippen MR) is 134 cm³/mol. The van der Waals surface area contributed by atoms with E-state index < -0.39 is 10.0 Å². The highest BCUT2D eigenvalue weighted by molar-refractivity contribution is 7.89. The molecule has 3 N–H and O–H groups in total. The molecular weight excluding hydrogens is 482 g/mol. The van der Waals surface area contributed by atoms with Gasteiger partial charge < -0.3 is 14.9 Å². The summed E-state index contributed by atoms with van der Waals surface area (Å²) in [7, 11) is -0.469. The highest BCUT2D eigenvalue weighted by atomic mass is 35.5. The van der Waals surface area contributed by atoms with Gasteiger partial charge in [-0.15, -0.1) is 4.40 Å². The predicted octanol–water partition coefficient (Wildman–Crippen LogP) is 2.06. The molecule has 2 aromatic rings. The molecule has 0 amide bonds. The topological polar surface area (TPSA) is 127 Å². The summed E-state index contributed by atoms with van der Waals surface area (Å²) >= 11 is 6.40. The second kappa shape index (κ2) is 9.79. The van der Waals surface area contributed by atoms with Crippen LogP contribution < -0.4 is 19.8 Å². The van der Waals surface area contributed by atoms with Gasteiger partial charge in [0.15, 0.2) is 0 Å². The maximum Gasteiger partial charge on any atom is 0.253 e. The number of ether oxygens (including phenoxy) is 2. The molecule has 0 radical (unpaired) electrons. The Kier molecular flexibility index (Phi) is 7.41. The van der Waals surface area contributed by atoms with Gasteiger partial charge in [-0.3, -0.25) is 15.3 Å². The number of sulfonamides is 1. The average Bonchev–Trinajstić information content (AvgIpc) is 3.07. The van der Waals surface area contributed by atoms with Gasteiger partial charge in [-0.2, -0.15) is 5.01 Å². The van der Waals surface area contributed by atoms with Crippen molar-refractivity contribution in [1.29, 1.82) is 0 Å². The fraction of sp³-hybridized carbons (Fsp3) is 0.364. The average molecular weight is 510 g/mol. The third-order valence-corrected chi connectivity index (χ3v) is 6.29. The molecular formula is C22H28ClN5O5S. The molecule has 2 heterocycles. The molecule has 34 heavy (non-hydrogen) atoms. The van der Waals surface area contributed by atoms with Crippen LogP contribution in [0.2, 0.25) is 5.02 Å². The van der Waals surface area contributed by atoms with Crippen LogP contribution in [0.4, 0.5) is 5.69 Å². The summed E-state index contributed by atoms with van der Waals surface area (Å²) in [6.07, 6.45) is 0.740. The summed E-state index contributed by atoms with van der Waals surface area (Å²) in [5.74, 6) is 1.48. The molecule has 12 heteroatoms. The van der Waals surface area contributed by atoms with Gasteiger partial charge in [0.1, 0.15) is 17.7 Å². The molecule has 2 aliphatic rings. The number of methoxy groups -OCH3 is 2. The summed E-state index contributed by atoms with van der Waals surface area (Å²) in [5.41, 5.74) is 6.09. The van der Waals surface area contributed by atoms with Crippen LogP contribution in [0.25, 0.3) is 0 Å². The molecule has 4 rings (SSSR count). The lowest BCUT2D eigenvalue weighted by Gasteiger charge is -2.30. The second-order valence-corrected chi connectivity index (χ2v) is 9.86. The van der Waals surface area contributed by atoms with Gasteiger partial charge in [-0.1, -0.05) is 18.5 Å². The Morgan fingerprint density at radius 2 is 1.85 bits per heavy atom. The summed E-state index contributed by atoms with van der Waals surface area (Å²) < 4.78 is 39.1. The van der Waals surface area contributed by atoms with E-state index in [2.05, 4.69) is 9.82 Å². The van der Waals surface area contributed by atoms with Crippen LogP contribution in [0.15, 0.2) is 45.8 Å². The van der Waals surface area contributed by atoms with Crippen LogP contribution in [0.5, 0.6) is 11.5 Å². The standard InChI is InChI=1S/C22H26ClN5O4S.H2O/c1-6-27-21-13(2)24-20(17-10-8-15(31-3)12-19(17)32-4)16-9-7-14(23)11-18(16)28(21)22(25-27)26-33(5,29)30;/h7-13,21H,6H2,1-5H3,(H,25,26);1H2. The van der Waals surface area contributed by atoms with Crippen molar-refractivity contribution < 1.29 is 23.4 Å². The third kappa shape index (κ3) is 4.69. The number of nitrogens with zero attached hydrogens (tertiary/aromatic N) is 4.